The van der Waals surface area contributed by atoms with E-state index in [9.17, 15) is 28.5 Å². The molecule has 3 atom stereocenters. The van der Waals surface area contributed by atoms with E-state index in [2.05, 4.69) is 20.1 Å². The monoisotopic (exact) mass is 709 g/mol. The summed E-state index contributed by atoms with van der Waals surface area (Å²) in [4.78, 5) is 90.2. The van der Waals surface area contributed by atoms with Gasteiger partial charge in [-0.2, -0.15) is 11.8 Å². The van der Waals surface area contributed by atoms with Crippen LogP contribution in [0.25, 0.3) is 0 Å². The van der Waals surface area contributed by atoms with Gasteiger partial charge in [-0.05, 0) is 42.2 Å². The molecule has 3 amide bonds. The minimum absolute atomic E-state index is 0.0807. The lowest BCUT2D eigenvalue weighted by molar-refractivity contribution is -0.137. The van der Waals surface area contributed by atoms with Crippen molar-refractivity contribution in [1.82, 2.24) is 10.6 Å². The Morgan fingerprint density at radius 3 is 2.31 bits per heavy atom. The Bertz CT molecular complexity index is 1780. The van der Waals surface area contributed by atoms with Gasteiger partial charge >= 0.3 is 7.82 Å². The molecule has 0 radical (unpaired) electrons. The number of thioether (sulfide) groups is 1. The predicted molar refractivity (Wildman–Crippen MR) is 184 cm³/mol. The number of phosphoric ester groups is 1. The highest BCUT2D eigenvalue weighted by Gasteiger charge is 2.37. The van der Waals surface area contributed by atoms with E-state index in [1.165, 1.54) is 43.0 Å². The van der Waals surface area contributed by atoms with Crippen LogP contribution in [0.4, 0.5) is 5.69 Å². The minimum Gasteiger partial charge on any atom is -0.404 e. The van der Waals surface area contributed by atoms with Gasteiger partial charge in [0.25, 0.3) is 5.91 Å². The number of anilines is 1. The number of ketones is 2. The van der Waals surface area contributed by atoms with Crippen molar-refractivity contribution in [2.45, 2.75) is 38.0 Å². The van der Waals surface area contributed by atoms with Crippen LogP contribution >= 0.6 is 19.6 Å². The molecule has 0 saturated carbocycles. The number of rotatable bonds is 15. The van der Waals surface area contributed by atoms with E-state index in [4.69, 9.17) is 15.5 Å². The van der Waals surface area contributed by atoms with Gasteiger partial charge in [-0.25, -0.2) is 9.56 Å². The molecule has 1 aliphatic rings. The molecule has 14 nitrogen and oxygen atoms in total. The molecular weight excluding hydrogens is 673 g/mol. The van der Waals surface area contributed by atoms with Crippen molar-refractivity contribution >= 4 is 60.3 Å². The molecule has 0 aliphatic carbocycles. The van der Waals surface area contributed by atoms with E-state index in [1.54, 1.807) is 54.6 Å². The molecular formula is C33H36N5O9PS. The Morgan fingerprint density at radius 2 is 1.67 bits per heavy atom. The van der Waals surface area contributed by atoms with Crippen LogP contribution in [0.1, 0.15) is 30.0 Å². The highest BCUT2D eigenvalue weighted by molar-refractivity contribution is 7.98. The van der Waals surface area contributed by atoms with E-state index in [0.717, 1.165) is 4.90 Å². The number of amides is 3. The molecule has 16 heteroatoms. The van der Waals surface area contributed by atoms with Crippen molar-refractivity contribution in [1.29, 1.82) is 0 Å². The Labute approximate surface area is 286 Å². The Hall–Kier alpha value is -4.66. The van der Waals surface area contributed by atoms with Gasteiger partial charge in [0.1, 0.15) is 11.8 Å². The number of benzodiazepines with no additional fused rings is 1. The van der Waals surface area contributed by atoms with Crippen molar-refractivity contribution in [3.05, 3.63) is 95.6 Å². The summed E-state index contributed by atoms with van der Waals surface area (Å²) >= 11 is 1.48. The van der Waals surface area contributed by atoms with Crippen LogP contribution in [-0.2, 0) is 35.0 Å². The standard InChI is InChI=1S/C33H36N5O9PS/c1-20(39)35-26(18-21-12-14-23(15-13-21)47-48(44,45)46)32(42)37-31-33(43)38(19-28(40)30(41)25(34)16-17-49-2)27-11-7-6-10-24(27)29(36-31)22-8-4-3-5-9-22/h3-15,25-26,31H,16-19,34H2,1-2H3,(H,35,39)(H,37,42)(H2,44,45,46)/t25-,26-,31?/m0/s1. The molecule has 0 fully saturated rings. The summed E-state index contributed by atoms with van der Waals surface area (Å²) in [6, 6.07) is 18.9. The predicted octanol–water partition coefficient (Wildman–Crippen LogP) is 1.75. The van der Waals surface area contributed by atoms with Gasteiger partial charge in [-0.15, -0.1) is 0 Å². The fourth-order valence-electron chi connectivity index (χ4n) is 5.07. The van der Waals surface area contributed by atoms with Crippen LogP contribution in [0.15, 0.2) is 83.9 Å². The fraction of sp³-hybridized carbons (Fsp3) is 0.273. The van der Waals surface area contributed by atoms with Gasteiger partial charge in [0.05, 0.1) is 24.0 Å². The summed E-state index contributed by atoms with van der Waals surface area (Å²) in [5, 5.41) is 5.16. The van der Waals surface area contributed by atoms with Gasteiger partial charge in [0, 0.05) is 24.5 Å². The fourth-order valence-corrected chi connectivity index (χ4v) is 5.95. The zero-order chi connectivity index (χ0) is 35.7. The third-order valence-corrected chi connectivity index (χ3v) is 8.45. The lowest BCUT2D eigenvalue weighted by Gasteiger charge is -2.26. The summed E-state index contributed by atoms with van der Waals surface area (Å²) in [7, 11) is -4.79. The number of nitrogens with two attached hydrogens (primary N) is 1. The van der Waals surface area contributed by atoms with Crippen LogP contribution < -0.4 is 25.8 Å². The maximum Gasteiger partial charge on any atom is 0.524 e. The first-order chi connectivity index (χ1) is 23.3. The minimum atomic E-state index is -4.79. The summed E-state index contributed by atoms with van der Waals surface area (Å²) in [6.07, 6.45) is 0.461. The molecule has 3 aromatic rings. The first kappa shape index (κ1) is 37.2. The number of hydrogen-bond acceptors (Lipinski definition) is 10. The molecule has 1 heterocycles. The second-order valence-corrected chi connectivity index (χ2v) is 13.2. The normalized spacial score (nSPS) is 15.6. The highest BCUT2D eigenvalue weighted by Crippen LogP contribution is 2.37. The number of phosphoric acid groups is 1. The first-order valence-electron chi connectivity index (χ1n) is 15.0. The summed E-state index contributed by atoms with van der Waals surface area (Å²) in [6.45, 7) is 0.564. The molecule has 0 aromatic heterocycles. The number of carbonyl (C=O) groups is 5. The van der Waals surface area contributed by atoms with Gasteiger partial charge in [0.2, 0.25) is 29.5 Å². The molecule has 1 aliphatic heterocycles. The Balaban J connectivity index is 1.69. The molecule has 258 valence electrons. The number of hydrogen-bond donors (Lipinski definition) is 5. The molecule has 0 bridgehead atoms. The second kappa shape index (κ2) is 16.6. The number of para-hydroxylation sites is 1. The number of benzene rings is 3. The average Bonchev–Trinajstić information content (AvgIpc) is 3.17. The molecule has 3 aromatic carbocycles. The van der Waals surface area contributed by atoms with Crippen molar-refractivity contribution in [2.24, 2.45) is 10.7 Å². The Morgan fingerprint density at radius 1 is 1.02 bits per heavy atom. The zero-order valence-corrected chi connectivity index (χ0v) is 28.4. The highest BCUT2D eigenvalue weighted by atomic mass is 32.2. The quantitative estimate of drug-likeness (QED) is 0.113. The largest absolute Gasteiger partial charge is 0.524 e. The number of fused-ring (bicyclic) bond motifs is 1. The molecule has 0 spiro atoms. The molecule has 1 unspecified atom stereocenters. The van der Waals surface area contributed by atoms with Crippen molar-refractivity contribution in [2.75, 3.05) is 23.5 Å². The van der Waals surface area contributed by atoms with Crippen molar-refractivity contribution < 1.29 is 42.8 Å². The number of nitrogens with zero attached hydrogens (tertiary/aromatic N) is 2. The van der Waals surface area contributed by atoms with E-state index in [-0.39, 0.29) is 18.6 Å². The third kappa shape index (κ3) is 10.2. The van der Waals surface area contributed by atoms with Crippen LogP contribution in [0.5, 0.6) is 5.75 Å². The van der Waals surface area contributed by atoms with Gasteiger partial charge in [-0.1, -0.05) is 60.7 Å². The van der Waals surface area contributed by atoms with Crippen LogP contribution in [0, 0.1) is 0 Å². The Kier molecular flexibility index (Phi) is 12.6. The van der Waals surface area contributed by atoms with Gasteiger partial charge in [-0.3, -0.25) is 33.8 Å². The maximum atomic E-state index is 14.2. The van der Waals surface area contributed by atoms with Gasteiger partial charge in [0.15, 0.2) is 0 Å². The molecule has 6 N–H and O–H groups in total. The smallest absolute Gasteiger partial charge is 0.404 e. The lowest BCUT2D eigenvalue weighted by atomic mass is 10.00. The molecule has 4 rings (SSSR count). The van der Waals surface area contributed by atoms with E-state index in [1.807, 2.05) is 6.26 Å². The van der Waals surface area contributed by atoms with Crippen LogP contribution in [0.2, 0.25) is 0 Å². The SMILES string of the molecule is CSCC[C@H](N)C(=O)C(=O)CN1C(=O)C(NC(=O)[C@H](Cc2ccc(OP(=O)(O)O)cc2)NC(C)=O)N=C(c2ccccc2)c2ccccc21. The lowest BCUT2D eigenvalue weighted by Crippen LogP contribution is -2.55. The summed E-state index contributed by atoms with van der Waals surface area (Å²) in [5.41, 5.74) is 8.20. The third-order valence-electron chi connectivity index (χ3n) is 7.36. The van der Waals surface area contributed by atoms with E-state index < -0.39 is 61.9 Å². The maximum absolute atomic E-state index is 14.2. The molecule has 49 heavy (non-hydrogen) atoms. The van der Waals surface area contributed by atoms with Gasteiger partial charge < -0.3 is 25.8 Å². The number of Topliss-reactive ketones (excluding diaryl/α,β-unsaturated/α-hetero) is 2. The number of aliphatic imine (C=N–C) groups is 1. The second-order valence-electron chi connectivity index (χ2n) is 11.1. The zero-order valence-electron chi connectivity index (χ0n) is 26.6. The van der Waals surface area contributed by atoms with Crippen molar-refractivity contribution in [3.8, 4) is 5.75 Å². The van der Waals surface area contributed by atoms with E-state index >= 15 is 0 Å². The van der Waals surface area contributed by atoms with Crippen molar-refractivity contribution in [3.63, 3.8) is 0 Å². The van der Waals surface area contributed by atoms with Crippen LogP contribution in [-0.4, -0.2) is 81.6 Å². The topological polar surface area (TPSA) is 218 Å². The summed E-state index contributed by atoms with van der Waals surface area (Å²) in [5.74, 6) is -3.38. The van der Waals surface area contributed by atoms with E-state index in [0.29, 0.717) is 33.8 Å². The first-order valence-corrected chi connectivity index (χ1v) is 18.0. The summed E-state index contributed by atoms with van der Waals surface area (Å²) < 4.78 is 15.7. The average molecular weight is 710 g/mol. The van der Waals surface area contributed by atoms with Crippen LogP contribution in [0.3, 0.4) is 0 Å². The molecule has 0 saturated heterocycles. The number of nitrogens with one attached hydrogen (secondary N) is 2. The number of carbonyl (C=O) groups excluding carboxylic acids is 5.